The number of nitrogens with zero attached hydrogens (tertiary/aromatic N) is 2. The van der Waals surface area contributed by atoms with Crippen molar-refractivity contribution in [3.05, 3.63) is 77.0 Å². The van der Waals surface area contributed by atoms with Crippen LogP contribution in [0.2, 0.25) is 0 Å². The van der Waals surface area contributed by atoms with Gasteiger partial charge in [0, 0.05) is 17.8 Å². The van der Waals surface area contributed by atoms with Crippen LogP contribution in [0.1, 0.15) is 16.3 Å². The molecule has 1 aromatic heterocycles. The topological polar surface area (TPSA) is 66.9 Å². The van der Waals surface area contributed by atoms with Gasteiger partial charge in [-0.3, -0.25) is 4.79 Å². The van der Waals surface area contributed by atoms with E-state index in [1.807, 2.05) is 0 Å². The molecule has 0 radical (unpaired) electrons. The predicted molar refractivity (Wildman–Crippen MR) is 90.7 cm³/mol. The maximum Gasteiger partial charge on any atom is 0.274 e. The minimum absolute atomic E-state index is 0.0127. The highest BCUT2D eigenvalue weighted by Crippen LogP contribution is 2.23. The summed E-state index contributed by atoms with van der Waals surface area (Å²) in [6, 6.07) is 5.60. The number of aryl methyl sites for hydroxylation is 1. The van der Waals surface area contributed by atoms with Crippen LogP contribution in [-0.2, 0) is 0 Å². The molecule has 0 aliphatic carbocycles. The number of hydrogen-bond donors (Lipinski definition) is 2. The number of amides is 1. The molecule has 0 spiro atoms. The highest BCUT2D eigenvalue weighted by molar-refractivity contribution is 6.03. The number of carbonyl (C=O) groups is 1. The summed E-state index contributed by atoms with van der Waals surface area (Å²) in [7, 11) is 0. The lowest BCUT2D eigenvalue weighted by atomic mass is 10.2. The molecule has 1 amide bonds. The van der Waals surface area contributed by atoms with E-state index in [-0.39, 0.29) is 23.0 Å². The molecular weight excluding hydrogens is 383 g/mol. The summed E-state index contributed by atoms with van der Waals surface area (Å²) in [5.74, 6) is -7.41. The quantitative estimate of drug-likeness (QED) is 0.506. The van der Waals surface area contributed by atoms with Crippen LogP contribution < -0.4 is 10.6 Å². The van der Waals surface area contributed by atoms with Crippen molar-refractivity contribution in [1.82, 2.24) is 9.97 Å². The van der Waals surface area contributed by atoms with E-state index in [1.54, 1.807) is 0 Å². The highest BCUT2D eigenvalue weighted by Gasteiger charge is 2.16. The molecule has 2 N–H and O–H groups in total. The van der Waals surface area contributed by atoms with Crippen LogP contribution >= 0.6 is 0 Å². The van der Waals surface area contributed by atoms with Gasteiger partial charge in [0.05, 0.1) is 5.69 Å². The molecule has 2 aromatic carbocycles. The van der Waals surface area contributed by atoms with Crippen LogP contribution in [-0.4, -0.2) is 15.9 Å². The first-order valence-corrected chi connectivity index (χ1v) is 7.77. The van der Waals surface area contributed by atoms with Gasteiger partial charge in [-0.15, -0.1) is 0 Å². The largest absolute Gasteiger partial charge is 0.338 e. The summed E-state index contributed by atoms with van der Waals surface area (Å²) in [6.45, 7) is 1.45. The minimum Gasteiger partial charge on any atom is -0.338 e. The van der Waals surface area contributed by atoms with E-state index in [1.165, 1.54) is 6.92 Å². The number of halogens is 5. The summed E-state index contributed by atoms with van der Waals surface area (Å²) in [4.78, 5) is 20.2. The van der Waals surface area contributed by atoms with Gasteiger partial charge in [-0.1, -0.05) is 0 Å². The van der Waals surface area contributed by atoms with Crippen LogP contribution in [0.5, 0.6) is 0 Å². The van der Waals surface area contributed by atoms with E-state index < -0.39 is 40.7 Å². The van der Waals surface area contributed by atoms with E-state index in [2.05, 4.69) is 20.6 Å². The zero-order valence-electron chi connectivity index (χ0n) is 14.2. The normalized spacial score (nSPS) is 10.6. The Balaban J connectivity index is 1.85. The molecular formula is C18H11F5N4O. The molecule has 144 valence electrons. The second kappa shape index (κ2) is 7.59. The summed E-state index contributed by atoms with van der Waals surface area (Å²) >= 11 is 0. The number of anilines is 3. The number of benzene rings is 2. The van der Waals surface area contributed by atoms with Gasteiger partial charge in [0.15, 0.2) is 29.1 Å². The number of rotatable bonds is 4. The van der Waals surface area contributed by atoms with Crippen LogP contribution in [0.15, 0.2) is 36.4 Å². The maximum atomic E-state index is 13.8. The smallest absolute Gasteiger partial charge is 0.274 e. The van der Waals surface area contributed by atoms with Crippen molar-refractivity contribution in [3.63, 3.8) is 0 Å². The number of hydrogen-bond acceptors (Lipinski definition) is 4. The fraction of sp³-hybridized carbons (Fsp3) is 0.0556. The Kier molecular flexibility index (Phi) is 5.21. The third-order valence-electron chi connectivity index (χ3n) is 3.55. The number of nitrogens with one attached hydrogen (secondary N) is 2. The summed E-state index contributed by atoms with van der Waals surface area (Å²) in [5.41, 5.74) is -0.590. The Hall–Kier alpha value is -3.56. The second-order valence-electron chi connectivity index (χ2n) is 5.62. The minimum atomic E-state index is -1.66. The van der Waals surface area contributed by atoms with Crippen LogP contribution in [0, 0.1) is 36.0 Å². The average molecular weight is 394 g/mol. The van der Waals surface area contributed by atoms with E-state index in [9.17, 15) is 26.7 Å². The van der Waals surface area contributed by atoms with Crippen molar-refractivity contribution in [1.29, 1.82) is 0 Å². The molecule has 28 heavy (non-hydrogen) atoms. The van der Waals surface area contributed by atoms with Crippen molar-refractivity contribution in [3.8, 4) is 0 Å². The van der Waals surface area contributed by atoms with E-state index in [4.69, 9.17) is 0 Å². The van der Waals surface area contributed by atoms with Gasteiger partial charge in [-0.25, -0.2) is 31.9 Å². The molecule has 0 unspecified atom stereocenters. The lowest BCUT2D eigenvalue weighted by molar-refractivity contribution is 0.102. The summed E-state index contributed by atoms with van der Waals surface area (Å²) in [6.07, 6.45) is 0. The van der Waals surface area contributed by atoms with Crippen molar-refractivity contribution in [2.45, 2.75) is 6.92 Å². The SMILES string of the molecule is Cc1nc(Nc2ccc(F)c(F)c2F)cc(C(=O)Nc2ccc(F)c(F)c2)n1. The Morgan fingerprint density at radius 1 is 0.857 bits per heavy atom. The zero-order valence-corrected chi connectivity index (χ0v) is 14.2. The third-order valence-corrected chi connectivity index (χ3v) is 3.55. The van der Waals surface area contributed by atoms with Crippen LogP contribution in [0.3, 0.4) is 0 Å². The molecule has 0 aliphatic rings. The standard InChI is InChI=1S/C18H11F5N4O/c1-8-24-14(18(28)26-9-2-3-10(19)12(21)6-9)7-15(25-8)27-13-5-4-11(20)16(22)17(13)23/h2-7H,1H3,(H,26,28)(H,24,25,27). The van der Waals surface area contributed by atoms with Crippen molar-refractivity contribution in [2.24, 2.45) is 0 Å². The second-order valence-corrected chi connectivity index (χ2v) is 5.62. The van der Waals surface area contributed by atoms with Crippen molar-refractivity contribution < 1.29 is 26.7 Å². The zero-order chi connectivity index (χ0) is 20.4. The van der Waals surface area contributed by atoms with E-state index >= 15 is 0 Å². The van der Waals surface area contributed by atoms with Crippen LogP contribution in [0.4, 0.5) is 39.1 Å². The Morgan fingerprint density at radius 2 is 1.57 bits per heavy atom. The predicted octanol–water partition coefficient (Wildman–Crippen LogP) is 4.48. The molecule has 0 atom stereocenters. The fourth-order valence-corrected chi connectivity index (χ4v) is 2.28. The maximum absolute atomic E-state index is 13.8. The summed E-state index contributed by atoms with van der Waals surface area (Å²) < 4.78 is 66.4. The van der Waals surface area contributed by atoms with Gasteiger partial charge in [0.2, 0.25) is 0 Å². The lowest BCUT2D eigenvalue weighted by Crippen LogP contribution is -2.15. The first-order chi connectivity index (χ1) is 13.2. The van der Waals surface area contributed by atoms with Crippen molar-refractivity contribution >= 4 is 23.1 Å². The molecule has 3 rings (SSSR count). The molecule has 5 nitrogen and oxygen atoms in total. The van der Waals surface area contributed by atoms with Gasteiger partial charge < -0.3 is 10.6 Å². The Bertz CT molecular complexity index is 1070. The van der Waals surface area contributed by atoms with Gasteiger partial charge in [0.25, 0.3) is 5.91 Å². The Labute approximate surface area is 155 Å². The molecule has 0 fully saturated rings. The molecule has 3 aromatic rings. The average Bonchev–Trinajstić information content (AvgIpc) is 2.65. The molecule has 1 heterocycles. The van der Waals surface area contributed by atoms with Gasteiger partial charge >= 0.3 is 0 Å². The highest BCUT2D eigenvalue weighted by atomic mass is 19.2. The molecule has 0 bridgehead atoms. The molecule has 10 heteroatoms. The molecule has 0 saturated heterocycles. The lowest BCUT2D eigenvalue weighted by Gasteiger charge is -2.10. The molecule has 0 aliphatic heterocycles. The van der Waals surface area contributed by atoms with Gasteiger partial charge in [-0.05, 0) is 31.2 Å². The number of aromatic nitrogens is 2. The van der Waals surface area contributed by atoms with Gasteiger partial charge in [-0.2, -0.15) is 0 Å². The first-order valence-electron chi connectivity index (χ1n) is 7.77. The summed E-state index contributed by atoms with van der Waals surface area (Å²) in [5, 5.41) is 4.76. The first kappa shape index (κ1) is 19.2. The van der Waals surface area contributed by atoms with Crippen molar-refractivity contribution in [2.75, 3.05) is 10.6 Å². The molecule has 0 saturated carbocycles. The Morgan fingerprint density at radius 3 is 2.29 bits per heavy atom. The van der Waals surface area contributed by atoms with Gasteiger partial charge in [0.1, 0.15) is 17.3 Å². The van der Waals surface area contributed by atoms with Crippen LogP contribution in [0.25, 0.3) is 0 Å². The monoisotopic (exact) mass is 394 g/mol. The third kappa shape index (κ3) is 4.05. The van der Waals surface area contributed by atoms with E-state index in [0.29, 0.717) is 0 Å². The fourth-order valence-electron chi connectivity index (χ4n) is 2.28. The number of carbonyl (C=O) groups excluding carboxylic acids is 1. The van der Waals surface area contributed by atoms with E-state index in [0.717, 1.165) is 36.4 Å².